The molecule has 0 atom stereocenters. The average Bonchev–Trinajstić information content (AvgIpc) is 3.24. The fourth-order valence-electron chi connectivity index (χ4n) is 5.60. The first-order valence-electron chi connectivity index (χ1n) is 13.0. The molecular formula is C29H27ClF3N5O2. The highest BCUT2D eigenvalue weighted by atomic mass is 35.5. The van der Waals surface area contributed by atoms with Gasteiger partial charge in [0.25, 0.3) is 5.91 Å². The van der Waals surface area contributed by atoms with Gasteiger partial charge >= 0.3 is 6.36 Å². The molecule has 1 amide bonds. The predicted molar refractivity (Wildman–Crippen MR) is 147 cm³/mol. The van der Waals surface area contributed by atoms with E-state index >= 15 is 0 Å². The van der Waals surface area contributed by atoms with Gasteiger partial charge in [-0.1, -0.05) is 30.7 Å². The summed E-state index contributed by atoms with van der Waals surface area (Å²) >= 11 is 6.14. The fourth-order valence-corrected chi connectivity index (χ4v) is 5.76. The summed E-state index contributed by atoms with van der Waals surface area (Å²) in [6.07, 6.45) is -2.35. The molecule has 7 nitrogen and oxygen atoms in total. The summed E-state index contributed by atoms with van der Waals surface area (Å²) in [5, 5.41) is 3.54. The van der Waals surface area contributed by atoms with E-state index in [4.69, 9.17) is 11.6 Å². The van der Waals surface area contributed by atoms with E-state index in [-0.39, 0.29) is 17.1 Å². The number of rotatable bonds is 7. The first-order chi connectivity index (χ1) is 19.1. The molecule has 11 heteroatoms. The van der Waals surface area contributed by atoms with Crippen molar-refractivity contribution in [2.24, 2.45) is 5.41 Å². The molecule has 0 saturated carbocycles. The van der Waals surface area contributed by atoms with Crippen molar-refractivity contribution in [2.45, 2.75) is 26.3 Å². The van der Waals surface area contributed by atoms with E-state index in [1.807, 2.05) is 19.1 Å². The number of carbonyl (C=O) groups is 1. The van der Waals surface area contributed by atoms with Crippen LogP contribution < -0.4 is 19.9 Å². The van der Waals surface area contributed by atoms with Crippen molar-refractivity contribution in [3.05, 3.63) is 88.8 Å². The lowest BCUT2D eigenvalue weighted by Gasteiger charge is -2.61. The van der Waals surface area contributed by atoms with Crippen molar-refractivity contribution in [2.75, 3.05) is 36.0 Å². The highest BCUT2D eigenvalue weighted by molar-refractivity contribution is 6.30. The van der Waals surface area contributed by atoms with Crippen molar-refractivity contribution >= 4 is 34.5 Å². The van der Waals surface area contributed by atoms with E-state index in [1.54, 1.807) is 34.9 Å². The van der Waals surface area contributed by atoms with Crippen LogP contribution in [-0.2, 0) is 13.0 Å². The number of ether oxygens (including phenoxy) is 1. The Balaban J connectivity index is 1.01. The number of aryl methyl sites for hydroxylation is 1. The molecule has 40 heavy (non-hydrogen) atoms. The van der Waals surface area contributed by atoms with Gasteiger partial charge in [0.05, 0.1) is 10.7 Å². The van der Waals surface area contributed by atoms with E-state index in [0.717, 1.165) is 48.8 Å². The van der Waals surface area contributed by atoms with Crippen LogP contribution in [0.2, 0.25) is 5.02 Å². The Morgan fingerprint density at radius 1 is 0.975 bits per heavy atom. The fraction of sp³-hybridized carbons (Fsp3) is 0.310. The van der Waals surface area contributed by atoms with Crippen molar-refractivity contribution in [1.29, 1.82) is 0 Å². The van der Waals surface area contributed by atoms with Crippen LogP contribution in [0.25, 0.3) is 5.65 Å². The summed E-state index contributed by atoms with van der Waals surface area (Å²) in [6.45, 7) is 5.93. The smallest absolute Gasteiger partial charge is 0.406 e. The van der Waals surface area contributed by atoms with Gasteiger partial charge in [-0.05, 0) is 60.5 Å². The Kier molecular flexibility index (Phi) is 6.53. The second kappa shape index (κ2) is 9.92. The number of anilines is 2. The van der Waals surface area contributed by atoms with Crippen LogP contribution in [0, 0.1) is 5.41 Å². The van der Waals surface area contributed by atoms with Crippen LogP contribution in [0.15, 0.2) is 66.9 Å². The zero-order valence-corrected chi connectivity index (χ0v) is 22.5. The number of imidazole rings is 1. The summed E-state index contributed by atoms with van der Waals surface area (Å²) in [5.41, 5.74) is 5.12. The molecule has 4 heterocycles. The van der Waals surface area contributed by atoms with Crippen molar-refractivity contribution in [3.63, 3.8) is 0 Å². The maximum atomic E-state index is 13.0. The number of fused-ring (bicyclic) bond motifs is 1. The van der Waals surface area contributed by atoms with Crippen molar-refractivity contribution in [1.82, 2.24) is 14.7 Å². The van der Waals surface area contributed by atoms with Gasteiger partial charge in [-0.25, -0.2) is 4.98 Å². The molecule has 2 aromatic heterocycles. The van der Waals surface area contributed by atoms with Crippen LogP contribution in [-0.4, -0.2) is 47.8 Å². The highest BCUT2D eigenvalue weighted by Crippen LogP contribution is 2.44. The summed E-state index contributed by atoms with van der Waals surface area (Å²) in [7, 11) is 0. The van der Waals surface area contributed by atoms with Gasteiger partial charge < -0.3 is 19.9 Å². The number of nitrogens with one attached hydrogen (secondary N) is 1. The third-order valence-corrected chi connectivity index (χ3v) is 7.72. The molecule has 0 aliphatic carbocycles. The first kappa shape index (κ1) is 26.3. The number of carbonyl (C=O) groups excluding carboxylic acids is 1. The number of amides is 1. The number of pyridine rings is 1. The van der Waals surface area contributed by atoms with Gasteiger partial charge in [-0.2, -0.15) is 0 Å². The number of halogens is 4. The molecule has 6 rings (SSSR count). The average molecular weight is 570 g/mol. The Hall–Kier alpha value is -3.92. The molecule has 2 saturated heterocycles. The Labute approximate surface area is 234 Å². The summed E-state index contributed by atoms with van der Waals surface area (Å²) in [6, 6.07) is 17.7. The van der Waals surface area contributed by atoms with E-state index in [2.05, 4.69) is 37.0 Å². The monoisotopic (exact) mass is 569 g/mol. The molecule has 0 unspecified atom stereocenters. The molecule has 2 aromatic carbocycles. The summed E-state index contributed by atoms with van der Waals surface area (Å²) < 4.78 is 42.8. The van der Waals surface area contributed by atoms with Crippen LogP contribution >= 0.6 is 11.6 Å². The molecule has 0 radical (unpaired) electrons. The first-order valence-corrected chi connectivity index (χ1v) is 13.4. The Bertz CT molecular complexity index is 1540. The van der Waals surface area contributed by atoms with E-state index in [1.165, 1.54) is 12.1 Å². The number of nitrogens with zero attached hydrogens (tertiary/aromatic N) is 4. The van der Waals surface area contributed by atoms with E-state index < -0.39 is 6.36 Å². The lowest BCUT2D eigenvalue weighted by atomic mass is 9.72. The molecule has 2 aliphatic heterocycles. The topological polar surface area (TPSA) is 62.1 Å². The van der Waals surface area contributed by atoms with Crippen LogP contribution in [0.3, 0.4) is 0 Å². The van der Waals surface area contributed by atoms with Gasteiger partial charge in [-0.15, -0.1) is 13.2 Å². The number of benzene rings is 2. The Morgan fingerprint density at radius 2 is 1.57 bits per heavy atom. The SMILES string of the molecule is CCc1nc2ccc(Cl)cn2c1C(=O)NCc1ccc(N2CC3(C2)CN(c2ccc(OC(F)(F)F)cc2)C3)cc1. The quantitative estimate of drug-likeness (QED) is 0.309. The molecule has 1 spiro atoms. The number of hydrogen-bond donors (Lipinski definition) is 1. The molecule has 2 fully saturated rings. The second-order valence-corrected chi connectivity index (χ2v) is 10.9. The third-order valence-electron chi connectivity index (χ3n) is 7.50. The zero-order chi connectivity index (χ0) is 28.1. The second-order valence-electron chi connectivity index (χ2n) is 10.4. The molecule has 2 aliphatic rings. The maximum Gasteiger partial charge on any atom is 0.573 e. The van der Waals surface area contributed by atoms with Gasteiger partial charge in [0, 0.05) is 55.7 Å². The van der Waals surface area contributed by atoms with Gasteiger partial charge in [-0.3, -0.25) is 9.20 Å². The molecule has 4 aromatic rings. The number of alkyl halides is 3. The van der Waals surface area contributed by atoms with Gasteiger partial charge in [0.1, 0.15) is 17.1 Å². The normalized spacial score (nSPS) is 16.1. The standard InChI is InChI=1S/C29H27ClF3N5O2/c1-2-24-26(38-14-20(30)5-12-25(38)35-24)27(39)34-13-19-3-6-21(7-4-19)36-15-28(16-36)17-37(18-28)22-8-10-23(11-9-22)40-29(31,32)33/h3-12,14H,2,13,15-18H2,1H3,(H,34,39). The number of aromatic nitrogens is 2. The number of hydrogen-bond acceptors (Lipinski definition) is 5. The Morgan fingerprint density at radius 3 is 2.15 bits per heavy atom. The van der Waals surface area contributed by atoms with Crippen molar-refractivity contribution in [3.8, 4) is 5.75 Å². The van der Waals surface area contributed by atoms with Crippen molar-refractivity contribution < 1.29 is 22.7 Å². The van der Waals surface area contributed by atoms with Gasteiger partial charge in [0.2, 0.25) is 0 Å². The molecule has 208 valence electrons. The largest absolute Gasteiger partial charge is 0.573 e. The highest BCUT2D eigenvalue weighted by Gasteiger charge is 2.51. The zero-order valence-electron chi connectivity index (χ0n) is 21.7. The lowest BCUT2D eigenvalue weighted by Crippen LogP contribution is -2.72. The summed E-state index contributed by atoms with van der Waals surface area (Å²) in [4.78, 5) is 22.1. The lowest BCUT2D eigenvalue weighted by molar-refractivity contribution is -0.274. The molecule has 1 N–H and O–H groups in total. The maximum absolute atomic E-state index is 13.0. The van der Waals surface area contributed by atoms with Crippen LogP contribution in [0.4, 0.5) is 24.5 Å². The van der Waals surface area contributed by atoms with Crippen LogP contribution in [0.1, 0.15) is 28.7 Å². The van der Waals surface area contributed by atoms with Crippen LogP contribution in [0.5, 0.6) is 5.75 Å². The summed E-state index contributed by atoms with van der Waals surface area (Å²) in [5.74, 6) is -0.410. The molecular weight excluding hydrogens is 543 g/mol. The van der Waals surface area contributed by atoms with Gasteiger partial charge in [0.15, 0.2) is 0 Å². The predicted octanol–water partition coefficient (Wildman–Crippen LogP) is 5.71. The minimum absolute atomic E-state index is 0.196. The van der Waals surface area contributed by atoms with E-state index in [9.17, 15) is 18.0 Å². The minimum Gasteiger partial charge on any atom is -0.406 e. The third kappa shape index (κ3) is 5.15. The van der Waals surface area contributed by atoms with E-state index in [0.29, 0.717) is 29.3 Å². The molecule has 0 bridgehead atoms. The minimum atomic E-state index is -4.69.